The summed E-state index contributed by atoms with van der Waals surface area (Å²) in [5, 5.41) is 2.38. The maximum atomic E-state index is 13.5. The second-order valence-electron chi connectivity index (χ2n) is 5.29. The van der Waals surface area contributed by atoms with Crippen molar-refractivity contribution in [3.63, 3.8) is 0 Å². The summed E-state index contributed by atoms with van der Waals surface area (Å²) in [6, 6.07) is 1.56. The van der Waals surface area contributed by atoms with E-state index in [0.717, 1.165) is 6.07 Å². The lowest BCUT2D eigenvalue weighted by Gasteiger charge is -2.23. The third-order valence-electron chi connectivity index (χ3n) is 3.21. The Morgan fingerprint density at radius 3 is 2.26 bits per heavy atom. The van der Waals surface area contributed by atoms with Gasteiger partial charge in [0.15, 0.2) is 17.5 Å². The van der Waals surface area contributed by atoms with Crippen molar-refractivity contribution >= 4 is 11.8 Å². The summed E-state index contributed by atoms with van der Waals surface area (Å²) in [5.41, 5.74) is -0.577. The quantitative estimate of drug-likeness (QED) is 0.765. The van der Waals surface area contributed by atoms with Crippen molar-refractivity contribution in [2.45, 2.75) is 6.92 Å². The fraction of sp³-hybridized carbons (Fsp3) is 0.467. The van der Waals surface area contributed by atoms with Gasteiger partial charge in [-0.2, -0.15) is 0 Å². The average molecular weight is 331 g/mol. The van der Waals surface area contributed by atoms with Gasteiger partial charge in [-0.1, -0.05) is 0 Å². The molecule has 0 bridgehead atoms. The Hall–Kier alpha value is -2.09. The van der Waals surface area contributed by atoms with Crippen LogP contribution in [0.1, 0.15) is 17.3 Å². The molecule has 0 aliphatic rings. The zero-order chi connectivity index (χ0) is 17.6. The molecule has 0 aromatic heterocycles. The maximum Gasteiger partial charge on any atom is 0.254 e. The van der Waals surface area contributed by atoms with Crippen LogP contribution in [0.2, 0.25) is 0 Å². The van der Waals surface area contributed by atoms with Gasteiger partial charge in [0.2, 0.25) is 5.91 Å². The summed E-state index contributed by atoms with van der Waals surface area (Å²) < 4.78 is 39.4. The van der Waals surface area contributed by atoms with Crippen LogP contribution in [0.15, 0.2) is 12.1 Å². The first-order valence-electron chi connectivity index (χ1n) is 7.06. The summed E-state index contributed by atoms with van der Waals surface area (Å²) in [5.74, 6) is -5.59. The van der Waals surface area contributed by atoms with E-state index in [1.807, 2.05) is 19.0 Å². The van der Waals surface area contributed by atoms with E-state index in [-0.39, 0.29) is 19.0 Å². The van der Waals surface area contributed by atoms with Gasteiger partial charge < -0.3 is 15.1 Å². The molecule has 1 rings (SSSR count). The Bertz CT molecular complexity index is 579. The highest BCUT2D eigenvalue weighted by Gasteiger charge is 2.18. The van der Waals surface area contributed by atoms with E-state index >= 15 is 0 Å². The molecule has 0 saturated heterocycles. The maximum absolute atomic E-state index is 13.5. The number of carbonyl (C=O) groups excluding carboxylic acids is 2. The van der Waals surface area contributed by atoms with Gasteiger partial charge in [0, 0.05) is 33.1 Å². The molecule has 23 heavy (non-hydrogen) atoms. The van der Waals surface area contributed by atoms with E-state index in [0.29, 0.717) is 19.2 Å². The second-order valence-corrected chi connectivity index (χ2v) is 5.29. The van der Waals surface area contributed by atoms with Crippen molar-refractivity contribution in [3.8, 4) is 0 Å². The van der Waals surface area contributed by atoms with E-state index in [4.69, 9.17) is 0 Å². The lowest BCUT2D eigenvalue weighted by atomic mass is 10.2. The van der Waals surface area contributed by atoms with Gasteiger partial charge in [-0.3, -0.25) is 9.59 Å². The van der Waals surface area contributed by atoms with Crippen LogP contribution in [0, 0.1) is 17.5 Å². The zero-order valence-corrected chi connectivity index (χ0v) is 13.3. The molecule has 1 aromatic carbocycles. The van der Waals surface area contributed by atoms with Crippen LogP contribution >= 0.6 is 0 Å². The van der Waals surface area contributed by atoms with Crippen LogP contribution in [-0.4, -0.2) is 61.9 Å². The molecule has 0 aliphatic carbocycles. The number of halogens is 3. The summed E-state index contributed by atoms with van der Waals surface area (Å²) in [6.07, 6.45) is 0. The highest BCUT2D eigenvalue weighted by atomic mass is 19.2. The molecule has 128 valence electrons. The van der Waals surface area contributed by atoms with Crippen LogP contribution in [0.3, 0.4) is 0 Å². The topological polar surface area (TPSA) is 52.7 Å². The summed E-state index contributed by atoms with van der Waals surface area (Å²) in [4.78, 5) is 26.7. The van der Waals surface area contributed by atoms with Crippen molar-refractivity contribution in [2.24, 2.45) is 0 Å². The lowest BCUT2D eigenvalue weighted by Crippen LogP contribution is -2.40. The predicted molar refractivity (Wildman–Crippen MR) is 79.5 cm³/mol. The molecule has 0 saturated carbocycles. The van der Waals surface area contributed by atoms with Crippen molar-refractivity contribution in [1.82, 2.24) is 15.1 Å². The number of likely N-dealkylation sites (N-methyl/N-ethyl adjacent to an activating group) is 1. The molecule has 8 heteroatoms. The zero-order valence-electron chi connectivity index (χ0n) is 13.3. The van der Waals surface area contributed by atoms with Gasteiger partial charge >= 0.3 is 0 Å². The number of hydrogen-bond donors (Lipinski definition) is 1. The number of amides is 2. The van der Waals surface area contributed by atoms with Crippen molar-refractivity contribution in [2.75, 3.05) is 40.3 Å². The van der Waals surface area contributed by atoms with E-state index in [9.17, 15) is 22.8 Å². The van der Waals surface area contributed by atoms with Gasteiger partial charge in [0.05, 0.1) is 5.56 Å². The van der Waals surface area contributed by atoms with E-state index in [1.54, 1.807) is 0 Å². The van der Waals surface area contributed by atoms with Crippen molar-refractivity contribution < 1.29 is 22.8 Å². The molecule has 1 aromatic rings. The van der Waals surface area contributed by atoms with E-state index in [2.05, 4.69) is 5.32 Å². The first-order valence-corrected chi connectivity index (χ1v) is 7.06. The lowest BCUT2D eigenvalue weighted by molar-refractivity contribution is -0.128. The molecule has 0 spiro atoms. The summed E-state index contributed by atoms with van der Waals surface area (Å²) in [7, 11) is 3.73. The van der Waals surface area contributed by atoms with E-state index < -0.39 is 28.9 Å². The van der Waals surface area contributed by atoms with Gasteiger partial charge in [-0.05, 0) is 26.2 Å². The molecule has 0 heterocycles. The van der Waals surface area contributed by atoms with Gasteiger partial charge in [0.25, 0.3) is 5.91 Å². The summed E-state index contributed by atoms with van der Waals surface area (Å²) >= 11 is 0. The van der Waals surface area contributed by atoms with Crippen LogP contribution < -0.4 is 5.32 Å². The average Bonchev–Trinajstić information content (AvgIpc) is 2.47. The van der Waals surface area contributed by atoms with Gasteiger partial charge in [-0.25, -0.2) is 13.2 Å². The molecular weight excluding hydrogens is 311 g/mol. The fourth-order valence-electron chi connectivity index (χ4n) is 1.85. The minimum atomic E-state index is -1.69. The van der Waals surface area contributed by atoms with Crippen LogP contribution in [0.4, 0.5) is 13.2 Å². The second kappa shape index (κ2) is 8.52. The van der Waals surface area contributed by atoms with Crippen LogP contribution in [0.25, 0.3) is 0 Å². The summed E-state index contributed by atoms with van der Waals surface area (Å²) in [6.45, 7) is 2.86. The third-order valence-corrected chi connectivity index (χ3v) is 3.21. The molecule has 0 unspecified atom stereocenters. The Morgan fingerprint density at radius 1 is 1.04 bits per heavy atom. The monoisotopic (exact) mass is 331 g/mol. The number of carbonyl (C=O) groups is 2. The van der Waals surface area contributed by atoms with Gasteiger partial charge in [-0.15, -0.1) is 0 Å². The molecule has 5 nitrogen and oxygen atoms in total. The molecule has 0 atom stereocenters. The van der Waals surface area contributed by atoms with Crippen LogP contribution in [-0.2, 0) is 4.79 Å². The third kappa shape index (κ3) is 5.55. The molecule has 0 radical (unpaired) electrons. The molecular formula is C15H20F3N3O2. The Balaban J connectivity index is 2.58. The van der Waals surface area contributed by atoms with E-state index in [1.165, 1.54) is 11.8 Å². The first-order chi connectivity index (χ1) is 10.7. The first kappa shape index (κ1) is 19.0. The Labute approximate surface area is 133 Å². The molecule has 0 fully saturated rings. The number of hydrogen-bond acceptors (Lipinski definition) is 3. The fourth-order valence-corrected chi connectivity index (χ4v) is 1.85. The number of rotatable bonds is 7. The Kier molecular flexibility index (Phi) is 7.02. The SMILES string of the molecule is CC(=O)N(CCNC(=O)c1ccc(F)c(F)c1F)CCN(C)C. The molecule has 0 aliphatic heterocycles. The number of nitrogens with one attached hydrogen (secondary N) is 1. The standard InChI is InChI=1S/C15H20F3N3O2/c1-10(22)21(9-8-20(2)3)7-6-19-15(23)11-4-5-12(16)14(18)13(11)17/h4-5H,6-9H2,1-3H3,(H,19,23). The number of nitrogens with zero attached hydrogens (tertiary/aromatic N) is 2. The van der Waals surface area contributed by atoms with Crippen molar-refractivity contribution in [1.29, 1.82) is 0 Å². The van der Waals surface area contributed by atoms with Gasteiger partial charge in [0.1, 0.15) is 0 Å². The molecule has 2 amide bonds. The largest absolute Gasteiger partial charge is 0.350 e. The Morgan fingerprint density at radius 2 is 1.70 bits per heavy atom. The minimum Gasteiger partial charge on any atom is -0.350 e. The molecule has 1 N–H and O–H groups in total. The predicted octanol–water partition coefficient (Wildman–Crippen LogP) is 1.24. The van der Waals surface area contributed by atoms with Crippen LogP contribution in [0.5, 0.6) is 0 Å². The minimum absolute atomic E-state index is 0.0737. The highest BCUT2D eigenvalue weighted by molar-refractivity contribution is 5.94. The number of benzene rings is 1. The highest BCUT2D eigenvalue weighted by Crippen LogP contribution is 2.14. The van der Waals surface area contributed by atoms with Crippen molar-refractivity contribution in [3.05, 3.63) is 35.1 Å². The smallest absolute Gasteiger partial charge is 0.254 e. The normalized spacial score (nSPS) is 10.7.